The van der Waals surface area contributed by atoms with E-state index in [2.05, 4.69) is 10.1 Å². The molecule has 0 atom stereocenters. The van der Waals surface area contributed by atoms with E-state index < -0.39 is 0 Å². The van der Waals surface area contributed by atoms with Crippen LogP contribution in [0.15, 0.2) is 48.0 Å². The predicted octanol–water partition coefficient (Wildman–Crippen LogP) is 1.20. The number of para-hydroxylation sites is 1. The lowest BCUT2D eigenvalue weighted by molar-refractivity contribution is 0.0979. The summed E-state index contributed by atoms with van der Waals surface area (Å²) in [6.45, 7) is 0.309. The van der Waals surface area contributed by atoms with Crippen molar-refractivity contribution < 1.29 is 10.0 Å². The average molecular weight is 287 g/mol. The number of benzene rings is 1. The number of aromatic nitrogens is 2. The highest BCUT2D eigenvalue weighted by molar-refractivity contribution is 6.05. The van der Waals surface area contributed by atoms with E-state index in [-0.39, 0.29) is 18.2 Å². The molecule has 110 valence electrons. The summed E-state index contributed by atoms with van der Waals surface area (Å²) in [7, 11) is 1.76. The zero-order valence-corrected chi connectivity index (χ0v) is 11.7. The first-order valence-electron chi connectivity index (χ1n) is 6.43. The molecule has 1 aromatic carbocycles. The maximum Gasteiger partial charge on any atom is 0.276 e. The summed E-state index contributed by atoms with van der Waals surface area (Å²) >= 11 is 0. The second kappa shape index (κ2) is 6.56. The van der Waals surface area contributed by atoms with Crippen molar-refractivity contribution in [1.82, 2.24) is 9.55 Å². The fourth-order valence-electron chi connectivity index (χ4n) is 1.93. The highest BCUT2D eigenvalue weighted by atomic mass is 16.4. The van der Waals surface area contributed by atoms with Crippen LogP contribution in [-0.2, 0) is 7.05 Å². The molecule has 21 heavy (non-hydrogen) atoms. The van der Waals surface area contributed by atoms with Crippen LogP contribution in [0.5, 0.6) is 0 Å². The van der Waals surface area contributed by atoms with Crippen LogP contribution in [0.2, 0.25) is 0 Å². The highest BCUT2D eigenvalue weighted by Crippen LogP contribution is 2.17. The van der Waals surface area contributed by atoms with Gasteiger partial charge in [0.05, 0.1) is 12.5 Å². The fourth-order valence-corrected chi connectivity index (χ4v) is 1.93. The third-order valence-corrected chi connectivity index (χ3v) is 3.07. The number of carbonyl (C=O) groups is 1. The Morgan fingerprint density at radius 1 is 1.43 bits per heavy atom. The van der Waals surface area contributed by atoms with Crippen molar-refractivity contribution in [2.24, 2.45) is 17.9 Å². The second-order valence-corrected chi connectivity index (χ2v) is 4.52. The Bertz CT molecular complexity index is 636. The number of amidine groups is 1. The van der Waals surface area contributed by atoms with Gasteiger partial charge in [0.25, 0.3) is 5.91 Å². The molecular formula is C14H17N5O2. The van der Waals surface area contributed by atoms with Crippen LogP contribution in [0.1, 0.15) is 16.9 Å². The Kier molecular flexibility index (Phi) is 4.55. The first kappa shape index (κ1) is 14.6. The molecule has 0 aliphatic carbocycles. The minimum atomic E-state index is -0.188. The van der Waals surface area contributed by atoms with Gasteiger partial charge in [-0.2, -0.15) is 0 Å². The first-order chi connectivity index (χ1) is 10.1. The van der Waals surface area contributed by atoms with Crippen LogP contribution in [0.25, 0.3) is 0 Å². The topological polar surface area (TPSA) is 96.7 Å². The first-order valence-corrected chi connectivity index (χ1v) is 6.43. The number of rotatable bonds is 5. The van der Waals surface area contributed by atoms with Crippen molar-refractivity contribution in [3.8, 4) is 0 Å². The van der Waals surface area contributed by atoms with E-state index in [9.17, 15) is 4.79 Å². The van der Waals surface area contributed by atoms with Gasteiger partial charge in [-0.05, 0) is 12.1 Å². The number of amides is 1. The standard InChI is InChI=1S/C14H17N5O2/c1-18-10-16-9-12(18)14(20)19(8-7-13(15)17-21)11-5-3-2-4-6-11/h2-6,9-10,21H,7-8H2,1H3,(H2,15,17). The Morgan fingerprint density at radius 3 is 2.71 bits per heavy atom. The summed E-state index contributed by atoms with van der Waals surface area (Å²) in [5, 5.41) is 11.6. The number of carbonyl (C=O) groups excluding carboxylic acids is 1. The van der Waals surface area contributed by atoms with Gasteiger partial charge in [0.1, 0.15) is 11.5 Å². The Hall–Kier alpha value is -2.83. The van der Waals surface area contributed by atoms with Crippen molar-refractivity contribution in [3.63, 3.8) is 0 Å². The molecule has 0 aliphatic heterocycles. The number of aryl methyl sites for hydroxylation is 1. The number of nitrogens with two attached hydrogens (primary N) is 1. The maximum absolute atomic E-state index is 12.7. The molecule has 0 saturated carbocycles. The molecule has 7 nitrogen and oxygen atoms in total. The zero-order chi connectivity index (χ0) is 15.2. The highest BCUT2D eigenvalue weighted by Gasteiger charge is 2.20. The monoisotopic (exact) mass is 287 g/mol. The SMILES string of the molecule is Cn1cncc1C(=O)N(CC/C(N)=N/O)c1ccccc1. The lowest BCUT2D eigenvalue weighted by atomic mass is 10.2. The third-order valence-electron chi connectivity index (χ3n) is 3.07. The average Bonchev–Trinajstić information content (AvgIpc) is 2.94. The molecule has 0 aliphatic rings. The van der Waals surface area contributed by atoms with E-state index in [1.54, 1.807) is 22.8 Å². The molecule has 3 N–H and O–H groups in total. The van der Waals surface area contributed by atoms with E-state index >= 15 is 0 Å². The van der Waals surface area contributed by atoms with Crippen LogP contribution in [0.4, 0.5) is 5.69 Å². The van der Waals surface area contributed by atoms with Gasteiger partial charge in [-0.15, -0.1) is 0 Å². The summed E-state index contributed by atoms with van der Waals surface area (Å²) in [6.07, 6.45) is 3.36. The van der Waals surface area contributed by atoms with Gasteiger partial charge < -0.3 is 20.4 Å². The van der Waals surface area contributed by atoms with Crippen molar-refractivity contribution >= 4 is 17.4 Å². The molecule has 2 aromatic rings. The number of imidazole rings is 1. The summed E-state index contributed by atoms with van der Waals surface area (Å²) in [6, 6.07) is 9.24. The van der Waals surface area contributed by atoms with Gasteiger partial charge in [-0.3, -0.25) is 4.79 Å². The lowest BCUT2D eigenvalue weighted by Crippen LogP contribution is -2.35. The normalized spacial score (nSPS) is 11.4. The van der Waals surface area contributed by atoms with Crippen molar-refractivity contribution in [2.75, 3.05) is 11.4 Å². The number of hydrogen-bond acceptors (Lipinski definition) is 4. The Morgan fingerprint density at radius 2 is 2.14 bits per heavy atom. The van der Waals surface area contributed by atoms with Crippen molar-refractivity contribution in [1.29, 1.82) is 0 Å². The Labute approximate surface area is 122 Å². The molecule has 0 spiro atoms. The molecule has 0 radical (unpaired) electrons. The smallest absolute Gasteiger partial charge is 0.276 e. The fraction of sp³-hybridized carbons (Fsp3) is 0.214. The number of nitrogens with zero attached hydrogens (tertiary/aromatic N) is 4. The molecule has 2 rings (SSSR count). The van der Waals surface area contributed by atoms with E-state index in [1.165, 1.54) is 6.20 Å². The molecule has 0 saturated heterocycles. The molecule has 1 heterocycles. The summed E-state index contributed by atoms with van der Waals surface area (Å²) in [5.41, 5.74) is 6.71. The van der Waals surface area contributed by atoms with E-state index in [0.29, 0.717) is 12.2 Å². The van der Waals surface area contributed by atoms with Crippen LogP contribution in [0.3, 0.4) is 0 Å². The second-order valence-electron chi connectivity index (χ2n) is 4.52. The van der Waals surface area contributed by atoms with Gasteiger partial charge in [-0.25, -0.2) is 4.98 Å². The molecule has 0 fully saturated rings. The van der Waals surface area contributed by atoms with Gasteiger partial charge >= 0.3 is 0 Å². The summed E-state index contributed by atoms with van der Waals surface area (Å²) < 4.78 is 1.65. The minimum Gasteiger partial charge on any atom is -0.409 e. The molecule has 0 unspecified atom stereocenters. The third kappa shape index (κ3) is 3.38. The van der Waals surface area contributed by atoms with Crippen LogP contribution in [-0.4, -0.2) is 33.0 Å². The lowest BCUT2D eigenvalue weighted by Gasteiger charge is -2.22. The number of anilines is 1. The summed E-state index contributed by atoms with van der Waals surface area (Å²) in [5.74, 6) is -0.110. The largest absolute Gasteiger partial charge is 0.409 e. The van der Waals surface area contributed by atoms with Crippen molar-refractivity contribution in [2.45, 2.75) is 6.42 Å². The van der Waals surface area contributed by atoms with Gasteiger partial charge in [0.15, 0.2) is 0 Å². The Balaban J connectivity index is 2.28. The quantitative estimate of drug-likeness (QED) is 0.374. The van der Waals surface area contributed by atoms with Crippen LogP contribution >= 0.6 is 0 Å². The van der Waals surface area contributed by atoms with Crippen LogP contribution < -0.4 is 10.6 Å². The molecule has 7 heteroatoms. The number of hydrogen-bond donors (Lipinski definition) is 2. The van der Waals surface area contributed by atoms with Gasteiger partial charge in [-0.1, -0.05) is 23.4 Å². The molecular weight excluding hydrogens is 270 g/mol. The molecule has 1 amide bonds. The predicted molar refractivity (Wildman–Crippen MR) is 79.4 cm³/mol. The number of oxime groups is 1. The van der Waals surface area contributed by atoms with Crippen LogP contribution in [0, 0.1) is 0 Å². The minimum absolute atomic E-state index is 0.0775. The zero-order valence-electron chi connectivity index (χ0n) is 11.7. The van der Waals surface area contributed by atoms with Gasteiger partial charge in [0.2, 0.25) is 0 Å². The van der Waals surface area contributed by atoms with E-state index in [1.807, 2.05) is 30.3 Å². The van der Waals surface area contributed by atoms with E-state index in [0.717, 1.165) is 5.69 Å². The summed E-state index contributed by atoms with van der Waals surface area (Å²) in [4.78, 5) is 18.2. The maximum atomic E-state index is 12.7. The van der Waals surface area contributed by atoms with Crippen molar-refractivity contribution in [3.05, 3.63) is 48.5 Å². The molecule has 1 aromatic heterocycles. The van der Waals surface area contributed by atoms with E-state index in [4.69, 9.17) is 10.9 Å². The molecule has 0 bridgehead atoms. The van der Waals surface area contributed by atoms with Gasteiger partial charge in [0, 0.05) is 25.7 Å².